The lowest BCUT2D eigenvalue weighted by molar-refractivity contribution is 0.479. The van der Waals surface area contributed by atoms with E-state index in [4.69, 9.17) is 5.73 Å². The summed E-state index contributed by atoms with van der Waals surface area (Å²) in [6, 6.07) is 0.543. The van der Waals surface area contributed by atoms with Crippen LogP contribution < -0.4 is 11.1 Å². The Morgan fingerprint density at radius 3 is 3.21 bits per heavy atom. The average molecular weight is 194 g/mol. The van der Waals surface area contributed by atoms with E-state index >= 15 is 0 Å². The smallest absolute Gasteiger partial charge is 0.0658 e. The number of nitrogens with two attached hydrogens (primary N) is 1. The molecule has 1 unspecified atom stereocenters. The first-order valence-electron chi connectivity index (χ1n) is 5.26. The largest absolute Gasteiger partial charge is 0.330 e. The van der Waals surface area contributed by atoms with Gasteiger partial charge in [-0.3, -0.25) is 4.68 Å². The molecule has 2 heterocycles. The fourth-order valence-electron chi connectivity index (χ4n) is 2.08. The van der Waals surface area contributed by atoms with E-state index < -0.39 is 0 Å². The molecule has 0 amide bonds. The summed E-state index contributed by atoms with van der Waals surface area (Å²) >= 11 is 0. The number of nitrogens with zero attached hydrogens (tertiary/aromatic N) is 2. The maximum atomic E-state index is 5.54. The molecule has 0 radical (unpaired) electrons. The second kappa shape index (κ2) is 4.11. The second-order valence-electron chi connectivity index (χ2n) is 3.89. The molecule has 14 heavy (non-hydrogen) atoms. The minimum absolute atomic E-state index is 0.543. The highest BCUT2D eigenvalue weighted by Gasteiger charge is 2.19. The average Bonchev–Trinajstić information content (AvgIpc) is 2.77. The number of aromatic nitrogens is 2. The summed E-state index contributed by atoms with van der Waals surface area (Å²) < 4.78 is 2.14. The molecule has 4 nitrogen and oxygen atoms in total. The van der Waals surface area contributed by atoms with Crippen molar-refractivity contribution < 1.29 is 0 Å². The zero-order chi connectivity index (χ0) is 9.97. The normalized spacial score (nSPS) is 21.7. The molecule has 78 valence electrons. The van der Waals surface area contributed by atoms with E-state index in [1.807, 2.05) is 6.20 Å². The van der Waals surface area contributed by atoms with Crippen molar-refractivity contribution in [3.8, 4) is 0 Å². The molecule has 2 rings (SSSR count). The minimum atomic E-state index is 0.543. The van der Waals surface area contributed by atoms with Crippen molar-refractivity contribution in [2.75, 3.05) is 19.6 Å². The summed E-state index contributed by atoms with van der Waals surface area (Å²) in [4.78, 5) is 0. The molecule has 0 spiro atoms. The molecule has 1 fully saturated rings. The maximum absolute atomic E-state index is 5.54. The van der Waals surface area contributed by atoms with Crippen LogP contribution >= 0.6 is 0 Å². The summed E-state index contributed by atoms with van der Waals surface area (Å²) in [7, 11) is 0. The Kier molecular flexibility index (Phi) is 2.84. The molecule has 1 aliphatic heterocycles. The first-order chi connectivity index (χ1) is 6.83. The van der Waals surface area contributed by atoms with Gasteiger partial charge in [-0.15, -0.1) is 0 Å². The summed E-state index contributed by atoms with van der Waals surface area (Å²) in [5.74, 6) is 0. The summed E-state index contributed by atoms with van der Waals surface area (Å²) in [5, 5.41) is 7.79. The number of hydrogen-bond donors (Lipinski definition) is 2. The van der Waals surface area contributed by atoms with E-state index in [0.29, 0.717) is 12.6 Å². The van der Waals surface area contributed by atoms with Crippen LogP contribution in [0.2, 0.25) is 0 Å². The van der Waals surface area contributed by atoms with E-state index in [0.717, 1.165) is 19.5 Å². The molecular formula is C10H18N4. The molecule has 1 atom stereocenters. The lowest BCUT2D eigenvalue weighted by atomic mass is 10.2. The van der Waals surface area contributed by atoms with Gasteiger partial charge in [-0.1, -0.05) is 0 Å². The predicted octanol–water partition coefficient (Wildman–Crippen LogP) is 0.227. The van der Waals surface area contributed by atoms with Gasteiger partial charge < -0.3 is 11.1 Å². The van der Waals surface area contributed by atoms with Crippen molar-refractivity contribution in [1.29, 1.82) is 0 Å². The molecule has 1 aromatic rings. The molecular weight excluding hydrogens is 176 g/mol. The number of nitrogens with one attached hydrogen (secondary N) is 1. The van der Waals surface area contributed by atoms with Crippen LogP contribution in [0.4, 0.5) is 0 Å². The van der Waals surface area contributed by atoms with Gasteiger partial charge in [-0.05, 0) is 38.4 Å². The fourth-order valence-corrected chi connectivity index (χ4v) is 2.08. The van der Waals surface area contributed by atoms with E-state index in [9.17, 15) is 0 Å². The third kappa shape index (κ3) is 1.67. The highest BCUT2D eigenvalue weighted by atomic mass is 15.3. The van der Waals surface area contributed by atoms with Crippen LogP contribution in [-0.2, 0) is 6.42 Å². The molecule has 4 heteroatoms. The van der Waals surface area contributed by atoms with Crippen molar-refractivity contribution >= 4 is 0 Å². The second-order valence-corrected chi connectivity index (χ2v) is 3.89. The SMILES string of the molecule is Cc1c(CCN)cnn1C1CCNC1. The van der Waals surface area contributed by atoms with E-state index in [1.165, 1.54) is 17.7 Å². The minimum Gasteiger partial charge on any atom is -0.330 e. The summed E-state index contributed by atoms with van der Waals surface area (Å²) in [6.07, 6.45) is 4.08. The van der Waals surface area contributed by atoms with Crippen molar-refractivity contribution in [1.82, 2.24) is 15.1 Å². The van der Waals surface area contributed by atoms with Crippen LogP contribution in [0.15, 0.2) is 6.20 Å². The first-order valence-corrected chi connectivity index (χ1v) is 5.26. The molecule has 1 aliphatic rings. The maximum Gasteiger partial charge on any atom is 0.0658 e. The van der Waals surface area contributed by atoms with Crippen LogP contribution in [0, 0.1) is 6.92 Å². The third-order valence-electron chi connectivity index (χ3n) is 2.94. The Labute approximate surface area is 84.5 Å². The Balaban J connectivity index is 2.17. The first kappa shape index (κ1) is 9.68. The topological polar surface area (TPSA) is 55.9 Å². The predicted molar refractivity (Wildman–Crippen MR) is 56.2 cm³/mol. The molecule has 0 aliphatic carbocycles. The lowest BCUT2D eigenvalue weighted by Crippen LogP contribution is -2.16. The van der Waals surface area contributed by atoms with Gasteiger partial charge in [0.15, 0.2) is 0 Å². The van der Waals surface area contributed by atoms with Crippen LogP contribution in [0.1, 0.15) is 23.7 Å². The molecule has 0 bridgehead atoms. The van der Waals surface area contributed by atoms with Crippen molar-refractivity contribution in [2.45, 2.75) is 25.8 Å². The summed E-state index contributed by atoms with van der Waals surface area (Å²) in [5.41, 5.74) is 8.12. The van der Waals surface area contributed by atoms with E-state index in [1.54, 1.807) is 0 Å². The van der Waals surface area contributed by atoms with E-state index in [-0.39, 0.29) is 0 Å². The molecule has 0 saturated carbocycles. The zero-order valence-electron chi connectivity index (χ0n) is 8.66. The van der Waals surface area contributed by atoms with E-state index in [2.05, 4.69) is 22.0 Å². The number of rotatable bonds is 3. The van der Waals surface area contributed by atoms with Gasteiger partial charge in [-0.25, -0.2) is 0 Å². The standard InChI is InChI=1S/C10H18N4/c1-8-9(2-4-11)6-13-14(8)10-3-5-12-7-10/h6,10,12H,2-5,7,11H2,1H3. The van der Waals surface area contributed by atoms with Crippen molar-refractivity contribution in [3.05, 3.63) is 17.5 Å². The Morgan fingerprint density at radius 2 is 2.57 bits per heavy atom. The molecule has 1 saturated heterocycles. The molecule has 1 aromatic heterocycles. The van der Waals surface area contributed by atoms with Gasteiger partial charge in [-0.2, -0.15) is 5.10 Å². The lowest BCUT2D eigenvalue weighted by Gasteiger charge is -2.11. The zero-order valence-corrected chi connectivity index (χ0v) is 8.66. The Bertz CT molecular complexity index is 299. The quantitative estimate of drug-likeness (QED) is 0.724. The number of hydrogen-bond acceptors (Lipinski definition) is 3. The monoisotopic (exact) mass is 194 g/mol. The van der Waals surface area contributed by atoms with Crippen LogP contribution in [0.5, 0.6) is 0 Å². The third-order valence-corrected chi connectivity index (χ3v) is 2.94. The van der Waals surface area contributed by atoms with Crippen LogP contribution in [0.3, 0.4) is 0 Å². The van der Waals surface area contributed by atoms with Gasteiger partial charge >= 0.3 is 0 Å². The van der Waals surface area contributed by atoms with Crippen LogP contribution in [-0.4, -0.2) is 29.4 Å². The van der Waals surface area contributed by atoms with Crippen molar-refractivity contribution in [2.24, 2.45) is 5.73 Å². The van der Waals surface area contributed by atoms with Gasteiger partial charge in [0.1, 0.15) is 0 Å². The molecule has 3 N–H and O–H groups in total. The Morgan fingerprint density at radius 1 is 1.71 bits per heavy atom. The van der Waals surface area contributed by atoms with Gasteiger partial charge in [0.05, 0.1) is 12.2 Å². The highest BCUT2D eigenvalue weighted by molar-refractivity contribution is 5.17. The fraction of sp³-hybridized carbons (Fsp3) is 0.700. The van der Waals surface area contributed by atoms with Gasteiger partial charge in [0.2, 0.25) is 0 Å². The van der Waals surface area contributed by atoms with Crippen molar-refractivity contribution in [3.63, 3.8) is 0 Å². The van der Waals surface area contributed by atoms with Gasteiger partial charge in [0, 0.05) is 12.2 Å². The Hall–Kier alpha value is -0.870. The van der Waals surface area contributed by atoms with Crippen LogP contribution in [0.25, 0.3) is 0 Å². The molecule has 0 aromatic carbocycles. The highest BCUT2D eigenvalue weighted by Crippen LogP contribution is 2.18. The summed E-state index contributed by atoms with van der Waals surface area (Å²) in [6.45, 7) is 4.99. The van der Waals surface area contributed by atoms with Gasteiger partial charge in [0.25, 0.3) is 0 Å².